The average Bonchev–Trinajstić information content (AvgIpc) is 3.22. The van der Waals surface area contributed by atoms with Crippen molar-refractivity contribution in [2.45, 2.75) is 9.90 Å². The van der Waals surface area contributed by atoms with Crippen LogP contribution in [-0.4, -0.2) is 9.97 Å². The second-order valence-electron chi connectivity index (χ2n) is 6.94. The maximum atomic E-state index is 4.88. The maximum absolute atomic E-state index is 4.88. The first-order valence-corrected chi connectivity index (χ1v) is 10.5. The molecule has 1 aromatic heterocycles. The summed E-state index contributed by atoms with van der Waals surface area (Å²) in [5.41, 5.74) is 5.71. The van der Waals surface area contributed by atoms with E-state index in [1.165, 1.54) is 16.7 Å². The van der Waals surface area contributed by atoms with Crippen LogP contribution in [0, 0.1) is 0 Å². The lowest BCUT2D eigenvalue weighted by atomic mass is 9.84. The van der Waals surface area contributed by atoms with Gasteiger partial charge in [0.1, 0.15) is 0 Å². The van der Waals surface area contributed by atoms with Crippen molar-refractivity contribution in [1.82, 2.24) is 9.97 Å². The van der Waals surface area contributed by atoms with Crippen LogP contribution < -0.4 is 0 Å². The summed E-state index contributed by atoms with van der Waals surface area (Å²) in [7, 11) is 0. The Morgan fingerprint density at radius 2 is 1.00 bits per heavy atom. The third kappa shape index (κ3) is 3.24. The highest BCUT2D eigenvalue weighted by molar-refractivity contribution is 8.00. The third-order valence-electron chi connectivity index (χ3n) is 5.16. The molecule has 4 aromatic carbocycles. The molecule has 0 aliphatic rings. The number of rotatable bonds is 5. The number of para-hydroxylation sites is 2. The van der Waals surface area contributed by atoms with E-state index in [0.717, 1.165) is 16.2 Å². The summed E-state index contributed by atoms with van der Waals surface area (Å²) >= 11 is 1.75. The topological polar surface area (TPSA) is 28.7 Å². The number of fused-ring (bicyclic) bond motifs is 1. The lowest BCUT2D eigenvalue weighted by Crippen LogP contribution is -2.25. The van der Waals surface area contributed by atoms with Gasteiger partial charge in [-0.3, -0.25) is 0 Å². The molecule has 0 radical (unpaired) electrons. The SMILES string of the molecule is c1ccc(C(Sc2nc3ccccc3[nH]2)(c2ccccc2)c2ccccc2)cc1. The van der Waals surface area contributed by atoms with Gasteiger partial charge in [-0.2, -0.15) is 0 Å². The molecular formula is C26H20N2S. The summed E-state index contributed by atoms with van der Waals surface area (Å²) in [5, 5.41) is 0.905. The van der Waals surface area contributed by atoms with E-state index >= 15 is 0 Å². The molecule has 3 heteroatoms. The summed E-state index contributed by atoms with van der Waals surface area (Å²) in [6, 6.07) is 40.2. The fraction of sp³-hybridized carbons (Fsp3) is 0.0385. The molecule has 1 heterocycles. The van der Waals surface area contributed by atoms with Crippen LogP contribution in [0.4, 0.5) is 0 Å². The van der Waals surface area contributed by atoms with Gasteiger partial charge in [0.25, 0.3) is 0 Å². The van der Waals surface area contributed by atoms with Crippen LogP contribution >= 0.6 is 11.8 Å². The Bertz CT molecular complexity index is 1090. The first-order valence-electron chi connectivity index (χ1n) is 9.66. The van der Waals surface area contributed by atoms with Gasteiger partial charge in [0, 0.05) is 0 Å². The number of H-pyrrole nitrogens is 1. The lowest BCUT2D eigenvalue weighted by Gasteiger charge is -2.34. The van der Waals surface area contributed by atoms with Crippen LogP contribution in [0.2, 0.25) is 0 Å². The quantitative estimate of drug-likeness (QED) is 0.268. The number of aromatic nitrogens is 2. The fourth-order valence-electron chi connectivity index (χ4n) is 3.82. The molecule has 0 bridgehead atoms. The Balaban J connectivity index is 1.77. The number of thioether (sulfide) groups is 1. The number of hydrogen-bond acceptors (Lipinski definition) is 2. The molecule has 0 fully saturated rings. The molecule has 0 saturated carbocycles. The normalized spacial score (nSPS) is 11.6. The van der Waals surface area contributed by atoms with Gasteiger partial charge < -0.3 is 4.98 Å². The molecule has 0 unspecified atom stereocenters. The van der Waals surface area contributed by atoms with Gasteiger partial charge in [-0.25, -0.2) is 4.98 Å². The highest BCUT2D eigenvalue weighted by atomic mass is 32.2. The molecule has 0 spiro atoms. The number of aromatic amines is 1. The number of benzene rings is 4. The van der Waals surface area contributed by atoms with Gasteiger partial charge in [0.15, 0.2) is 5.16 Å². The molecule has 0 aliphatic carbocycles. The second-order valence-corrected chi connectivity index (χ2v) is 8.14. The minimum atomic E-state index is -0.419. The van der Waals surface area contributed by atoms with Crippen molar-refractivity contribution in [1.29, 1.82) is 0 Å². The van der Waals surface area contributed by atoms with Crippen LogP contribution in [-0.2, 0) is 4.75 Å². The first kappa shape index (κ1) is 17.8. The Hall–Kier alpha value is -3.30. The van der Waals surface area contributed by atoms with Crippen LogP contribution in [0.3, 0.4) is 0 Å². The van der Waals surface area contributed by atoms with Crippen molar-refractivity contribution in [3.05, 3.63) is 132 Å². The minimum absolute atomic E-state index is 0.419. The molecule has 140 valence electrons. The van der Waals surface area contributed by atoms with Crippen molar-refractivity contribution < 1.29 is 0 Å². The Morgan fingerprint density at radius 1 is 0.552 bits per heavy atom. The van der Waals surface area contributed by atoms with E-state index < -0.39 is 4.75 Å². The van der Waals surface area contributed by atoms with Crippen molar-refractivity contribution in [2.75, 3.05) is 0 Å². The molecule has 2 nitrogen and oxygen atoms in total. The highest BCUT2D eigenvalue weighted by Crippen LogP contribution is 2.50. The van der Waals surface area contributed by atoms with E-state index in [2.05, 4.69) is 102 Å². The van der Waals surface area contributed by atoms with Crippen molar-refractivity contribution in [3.63, 3.8) is 0 Å². The molecule has 1 N–H and O–H groups in total. The molecule has 5 rings (SSSR count). The average molecular weight is 393 g/mol. The van der Waals surface area contributed by atoms with Crippen LogP contribution in [0.5, 0.6) is 0 Å². The lowest BCUT2D eigenvalue weighted by molar-refractivity contribution is 0.883. The Kier molecular flexibility index (Phi) is 4.66. The zero-order valence-corrected chi connectivity index (χ0v) is 16.6. The van der Waals surface area contributed by atoms with Gasteiger partial charge in [-0.05, 0) is 28.8 Å². The number of nitrogens with zero attached hydrogens (tertiary/aromatic N) is 1. The summed E-state index contributed by atoms with van der Waals surface area (Å²) in [5.74, 6) is 0. The monoisotopic (exact) mass is 392 g/mol. The van der Waals surface area contributed by atoms with E-state index in [0.29, 0.717) is 0 Å². The van der Waals surface area contributed by atoms with Crippen molar-refractivity contribution in [3.8, 4) is 0 Å². The smallest absolute Gasteiger partial charge is 0.167 e. The Morgan fingerprint density at radius 3 is 1.48 bits per heavy atom. The summed E-state index contributed by atoms with van der Waals surface area (Å²) in [4.78, 5) is 8.39. The summed E-state index contributed by atoms with van der Waals surface area (Å²) in [6.07, 6.45) is 0. The van der Waals surface area contributed by atoms with Crippen LogP contribution in [0.15, 0.2) is 120 Å². The molecule has 0 atom stereocenters. The van der Waals surface area contributed by atoms with Crippen molar-refractivity contribution in [2.24, 2.45) is 0 Å². The van der Waals surface area contributed by atoms with Gasteiger partial charge in [-0.15, -0.1) is 0 Å². The Labute approximate surface area is 174 Å². The van der Waals surface area contributed by atoms with E-state index in [1.54, 1.807) is 11.8 Å². The predicted molar refractivity (Wildman–Crippen MR) is 121 cm³/mol. The van der Waals surface area contributed by atoms with E-state index in [4.69, 9.17) is 4.98 Å². The van der Waals surface area contributed by atoms with E-state index in [9.17, 15) is 0 Å². The standard InChI is InChI=1S/C26H20N2S/c1-4-12-20(13-5-1)26(21-14-6-2-7-15-21,22-16-8-3-9-17-22)29-25-27-23-18-10-11-19-24(23)28-25/h1-19H,(H,27,28). The number of hydrogen-bond donors (Lipinski definition) is 1. The van der Waals surface area contributed by atoms with Crippen LogP contribution in [0.25, 0.3) is 11.0 Å². The summed E-state index contributed by atoms with van der Waals surface area (Å²) in [6.45, 7) is 0. The molecule has 0 saturated heterocycles. The van der Waals surface area contributed by atoms with Gasteiger partial charge >= 0.3 is 0 Å². The van der Waals surface area contributed by atoms with Gasteiger partial charge in [-0.1, -0.05) is 115 Å². The zero-order chi connectivity index (χ0) is 19.5. The van der Waals surface area contributed by atoms with E-state index in [1.807, 2.05) is 18.2 Å². The fourth-order valence-corrected chi connectivity index (χ4v) is 5.17. The largest absolute Gasteiger partial charge is 0.333 e. The van der Waals surface area contributed by atoms with Crippen molar-refractivity contribution >= 4 is 22.8 Å². The minimum Gasteiger partial charge on any atom is -0.333 e. The highest BCUT2D eigenvalue weighted by Gasteiger charge is 2.38. The maximum Gasteiger partial charge on any atom is 0.167 e. The summed E-state index contributed by atoms with van der Waals surface area (Å²) < 4.78 is -0.419. The first-order chi connectivity index (χ1) is 14.4. The van der Waals surface area contributed by atoms with Crippen LogP contribution in [0.1, 0.15) is 16.7 Å². The van der Waals surface area contributed by atoms with Gasteiger partial charge in [0.05, 0.1) is 15.8 Å². The second kappa shape index (κ2) is 7.61. The third-order valence-corrected chi connectivity index (χ3v) is 6.56. The molecular weight excluding hydrogens is 372 g/mol. The number of nitrogens with one attached hydrogen (secondary N) is 1. The van der Waals surface area contributed by atoms with Gasteiger partial charge in [0.2, 0.25) is 0 Å². The molecule has 29 heavy (non-hydrogen) atoms. The predicted octanol–water partition coefficient (Wildman–Crippen LogP) is 6.65. The molecule has 0 amide bonds. The number of imidazole rings is 1. The zero-order valence-electron chi connectivity index (χ0n) is 15.8. The molecule has 0 aliphatic heterocycles. The van der Waals surface area contributed by atoms with E-state index in [-0.39, 0.29) is 0 Å². The molecule has 5 aromatic rings.